The SMILES string of the molecule is CCOC(=O)c1cc2c(=O)n3ccccc3nc2n(C[C@H]2CCCO2)c1=NC(=O)C(C)(C)Oc1ccc(Cl)cc1. The zero-order valence-electron chi connectivity index (χ0n) is 22.4. The van der Waals surface area contributed by atoms with Crippen molar-refractivity contribution in [2.24, 2.45) is 4.99 Å². The number of nitrogens with zero attached hydrogens (tertiary/aromatic N) is 4. The quantitative estimate of drug-likeness (QED) is 0.247. The van der Waals surface area contributed by atoms with E-state index >= 15 is 0 Å². The normalized spacial score (nSPS) is 16.0. The first-order valence-corrected chi connectivity index (χ1v) is 13.4. The number of rotatable bonds is 7. The van der Waals surface area contributed by atoms with Crippen molar-refractivity contribution < 1.29 is 23.8 Å². The highest BCUT2D eigenvalue weighted by molar-refractivity contribution is 6.30. The van der Waals surface area contributed by atoms with Crippen molar-refractivity contribution in [2.45, 2.75) is 51.9 Å². The Morgan fingerprint density at radius 2 is 1.98 bits per heavy atom. The number of benzene rings is 1. The summed E-state index contributed by atoms with van der Waals surface area (Å²) in [6.07, 6.45) is 3.02. The van der Waals surface area contributed by atoms with Gasteiger partial charge in [-0.3, -0.25) is 14.0 Å². The molecule has 3 aromatic heterocycles. The van der Waals surface area contributed by atoms with Crippen molar-refractivity contribution >= 4 is 40.2 Å². The molecule has 1 amide bonds. The lowest BCUT2D eigenvalue weighted by Gasteiger charge is -2.23. The number of ether oxygens (including phenoxy) is 3. The van der Waals surface area contributed by atoms with Crippen molar-refractivity contribution in [3.8, 4) is 5.75 Å². The predicted octanol–water partition coefficient (Wildman–Crippen LogP) is 3.94. The Morgan fingerprint density at radius 3 is 2.67 bits per heavy atom. The number of hydrogen-bond donors (Lipinski definition) is 0. The lowest BCUT2D eigenvalue weighted by atomic mass is 10.1. The van der Waals surface area contributed by atoms with E-state index in [1.165, 1.54) is 10.5 Å². The van der Waals surface area contributed by atoms with Gasteiger partial charge in [0, 0.05) is 17.8 Å². The molecule has 1 fully saturated rings. The van der Waals surface area contributed by atoms with Gasteiger partial charge in [0.2, 0.25) is 0 Å². The fourth-order valence-electron chi connectivity index (χ4n) is 4.59. The van der Waals surface area contributed by atoms with E-state index in [4.69, 9.17) is 30.8 Å². The highest BCUT2D eigenvalue weighted by atomic mass is 35.5. The van der Waals surface area contributed by atoms with E-state index in [-0.39, 0.29) is 46.9 Å². The third-order valence-corrected chi connectivity index (χ3v) is 6.86. The summed E-state index contributed by atoms with van der Waals surface area (Å²) in [4.78, 5) is 49.5. The minimum absolute atomic E-state index is 0.0198. The maximum atomic E-state index is 13.6. The Balaban J connectivity index is 1.76. The summed E-state index contributed by atoms with van der Waals surface area (Å²) in [7, 11) is 0. The van der Waals surface area contributed by atoms with Gasteiger partial charge in [-0.15, -0.1) is 0 Å². The van der Waals surface area contributed by atoms with Gasteiger partial charge in [-0.25, -0.2) is 9.78 Å². The van der Waals surface area contributed by atoms with E-state index in [2.05, 4.69) is 4.99 Å². The van der Waals surface area contributed by atoms with E-state index in [9.17, 15) is 14.4 Å². The van der Waals surface area contributed by atoms with Crippen LogP contribution in [0.1, 0.15) is 44.0 Å². The minimum atomic E-state index is -1.41. The molecule has 0 aliphatic carbocycles. The molecule has 0 bridgehead atoms. The summed E-state index contributed by atoms with van der Waals surface area (Å²) in [6.45, 7) is 5.75. The van der Waals surface area contributed by atoms with Crippen LogP contribution in [0.3, 0.4) is 0 Å². The first kappa shape index (κ1) is 27.5. The number of carbonyl (C=O) groups is 2. The number of amides is 1. The molecule has 1 aliphatic heterocycles. The Morgan fingerprint density at radius 1 is 1.20 bits per heavy atom. The van der Waals surface area contributed by atoms with Crippen LogP contribution in [0.4, 0.5) is 0 Å². The molecule has 5 rings (SSSR count). The number of aromatic nitrogens is 3. The van der Waals surface area contributed by atoms with Crippen molar-refractivity contribution in [1.82, 2.24) is 14.0 Å². The molecule has 1 atom stereocenters. The molecule has 1 aromatic carbocycles. The predicted molar refractivity (Wildman–Crippen MR) is 149 cm³/mol. The number of carbonyl (C=O) groups excluding carboxylic acids is 2. The molecule has 0 unspecified atom stereocenters. The molecular weight excluding hydrogens is 536 g/mol. The second kappa shape index (κ2) is 11.2. The Bertz CT molecular complexity index is 1720. The van der Waals surface area contributed by atoms with Crippen LogP contribution in [0.15, 0.2) is 64.5 Å². The second-order valence-electron chi connectivity index (χ2n) is 9.91. The van der Waals surface area contributed by atoms with Gasteiger partial charge in [-0.1, -0.05) is 17.7 Å². The molecule has 4 heterocycles. The fraction of sp³-hybridized carbons (Fsp3) is 0.345. The third kappa shape index (κ3) is 5.50. The summed E-state index contributed by atoms with van der Waals surface area (Å²) in [5, 5.41) is 0.718. The number of halogens is 1. The monoisotopic (exact) mass is 564 g/mol. The minimum Gasteiger partial charge on any atom is -0.478 e. The van der Waals surface area contributed by atoms with Crippen molar-refractivity contribution in [3.63, 3.8) is 0 Å². The molecule has 40 heavy (non-hydrogen) atoms. The fourth-order valence-corrected chi connectivity index (χ4v) is 4.72. The Kier molecular flexibility index (Phi) is 7.73. The van der Waals surface area contributed by atoms with Crippen molar-refractivity contribution in [2.75, 3.05) is 13.2 Å². The summed E-state index contributed by atoms with van der Waals surface area (Å²) in [5.41, 5.74) is -1.09. The third-order valence-electron chi connectivity index (χ3n) is 6.60. The zero-order chi connectivity index (χ0) is 28.4. The molecule has 1 aliphatic rings. The Labute approximate surface area is 234 Å². The number of hydrogen-bond acceptors (Lipinski definition) is 7. The van der Waals surface area contributed by atoms with Crippen molar-refractivity contribution in [3.05, 3.63) is 81.2 Å². The van der Waals surface area contributed by atoms with E-state index in [1.807, 2.05) is 0 Å². The molecule has 0 spiro atoms. The van der Waals surface area contributed by atoms with E-state index in [0.717, 1.165) is 12.8 Å². The molecule has 11 heteroatoms. The van der Waals surface area contributed by atoms with Crippen LogP contribution in [-0.2, 0) is 20.8 Å². The highest BCUT2D eigenvalue weighted by Crippen LogP contribution is 2.22. The Hall–Kier alpha value is -4.02. The van der Waals surface area contributed by atoms with Gasteiger partial charge in [0.15, 0.2) is 11.1 Å². The van der Waals surface area contributed by atoms with E-state index in [1.54, 1.807) is 74.0 Å². The standard InChI is InChI=1S/C29H29ClN4O6/c1-4-38-27(36)22-16-21-24(31-23-9-5-6-14-33(23)26(21)35)34(17-20-8-7-15-39-20)25(22)32-28(37)29(2,3)40-19-12-10-18(30)11-13-19/h5-6,9-14,16,20H,4,7-8,15,17H2,1-3H3/t20-/m1/s1. The summed E-state index contributed by atoms with van der Waals surface area (Å²) in [6, 6.07) is 13.2. The smallest absolute Gasteiger partial charge is 0.341 e. The van der Waals surface area contributed by atoms with Crippen LogP contribution >= 0.6 is 11.6 Å². The zero-order valence-corrected chi connectivity index (χ0v) is 23.2. The summed E-state index contributed by atoms with van der Waals surface area (Å²) < 4.78 is 20.2. The van der Waals surface area contributed by atoms with Gasteiger partial charge in [0.25, 0.3) is 11.5 Å². The topological polar surface area (TPSA) is 113 Å². The summed E-state index contributed by atoms with van der Waals surface area (Å²) in [5.74, 6) is -0.938. The van der Waals surface area contributed by atoms with Crippen LogP contribution < -0.4 is 15.8 Å². The molecule has 208 valence electrons. The van der Waals surface area contributed by atoms with Crippen molar-refractivity contribution in [1.29, 1.82) is 0 Å². The number of esters is 1. The average molecular weight is 565 g/mol. The van der Waals surface area contributed by atoms with Gasteiger partial charge >= 0.3 is 5.97 Å². The van der Waals surface area contributed by atoms with Gasteiger partial charge < -0.3 is 18.8 Å². The van der Waals surface area contributed by atoms with Crippen LogP contribution in [0.5, 0.6) is 5.75 Å². The van der Waals surface area contributed by atoms with Gasteiger partial charge in [0.1, 0.15) is 22.6 Å². The maximum Gasteiger partial charge on any atom is 0.341 e. The largest absolute Gasteiger partial charge is 0.478 e. The van der Waals surface area contributed by atoms with Crippen LogP contribution in [0, 0.1) is 0 Å². The van der Waals surface area contributed by atoms with Gasteiger partial charge in [-0.05, 0) is 76.1 Å². The summed E-state index contributed by atoms with van der Waals surface area (Å²) >= 11 is 5.98. The first-order chi connectivity index (χ1) is 19.2. The van der Waals surface area contributed by atoms with Crippen LogP contribution in [0.25, 0.3) is 16.7 Å². The lowest BCUT2D eigenvalue weighted by Crippen LogP contribution is -2.41. The average Bonchev–Trinajstić information content (AvgIpc) is 3.45. The van der Waals surface area contributed by atoms with Crippen LogP contribution in [-0.4, -0.2) is 50.7 Å². The van der Waals surface area contributed by atoms with Gasteiger partial charge in [-0.2, -0.15) is 4.99 Å². The molecule has 0 N–H and O–H groups in total. The number of pyridine rings is 2. The maximum absolute atomic E-state index is 13.6. The van der Waals surface area contributed by atoms with E-state index < -0.39 is 17.5 Å². The second-order valence-corrected chi connectivity index (χ2v) is 10.4. The molecule has 4 aromatic rings. The van der Waals surface area contributed by atoms with Crippen LogP contribution in [0.2, 0.25) is 5.02 Å². The molecular formula is C29H29ClN4O6. The van der Waals surface area contributed by atoms with E-state index in [0.29, 0.717) is 23.0 Å². The first-order valence-electron chi connectivity index (χ1n) is 13.1. The molecule has 0 saturated carbocycles. The molecule has 0 radical (unpaired) electrons. The lowest BCUT2D eigenvalue weighted by molar-refractivity contribution is -0.130. The molecule has 1 saturated heterocycles. The number of fused-ring (bicyclic) bond motifs is 2. The molecule has 10 nitrogen and oxygen atoms in total. The highest BCUT2D eigenvalue weighted by Gasteiger charge is 2.31. The van der Waals surface area contributed by atoms with Gasteiger partial charge in [0.05, 0.1) is 24.6 Å².